The standard InChI is InChI=1S/C23H29N5O2/c1-3-26-14-16-27(17-15-26)13-11-24-23(29)21-22(18-7-9-19(30-2)10-8-18)28-12-5-4-6-20(28)25-21/h4-10,12H,3,11,13-17H2,1-2H3,(H,24,29). The number of imidazole rings is 1. The highest BCUT2D eigenvalue weighted by atomic mass is 16.5. The highest BCUT2D eigenvalue weighted by Crippen LogP contribution is 2.27. The lowest BCUT2D eigenvalue weighted by Crippen LogP contribution is -2.48. The molecule has 0 radical (unpaired) electrons. The smallest absolute Gasteiger partial charge is 0.272 e. The van der Waals surface area contributed by atoms with Crippen LogP contribution in [0.5, 0.6) is 5.75 Å². The van der Waals surface area contributed by atoms with Crippen LogP contribution < -0.4 is 10.1 Å². The molecule has 1 aromatic carbocycles. The number of carbonyl (C=O) groups excluding carboxylic acids is 1. The van der Waals surface area contributed by atoms with Crippen LogP contribution in [0, 0.1) is 0 Å². The van der Waals surface area contributed by atoms with Gasteiger partial charge in [0.1, 0.15) is 11.4 Å². The van der Waals surface area contributed by atoms with E-state index in [9.17, 15) is 4.79 Å². The van der Waals surface area contributed by atoms with Crippen LogP contribution in [0.4, 0.5) is 0 Å². The number of carbonyl (C=O) groups is 1. The summed E-state index contributed by atoms with van der Waals surface area (Å²) < 4.78 is 7.23. The normalized spacial score (nSPS) is 15.4. The number of ether oxygens (including phenoxy) is 1. The number of pyridine rings is 1. The fourth-order valence-electron chi connectivity index (χ4n) is 3.92. The van der Waals surface area contributed by atoms with E-state index in [0.717, 1.165) is 61.9 Å². The molecule has 3 aromatic rings. The molecule has 0 unspecified atom stereocenters. The third-order valence-corrected chi connectivity index (χ3v) is 5.73. The van der Waals surface area contributed by atoms with Crippen LogP contribution in [0.1, 0.15) is 17.4 Å². The highest BCUT2D eigenvalue weighted by Gasteiger charge is 2.21. The summed E-state index contributed by atoms with van der Waals surface area (Å²) in [4.78, 5) is 22.5. The summed E-state index contributed by atoms with van der Waals surface area (Å²) in [6, 6.07) is 13.5. The van der Waals surface area contributed by atoms with E-state index in [-0.39, 0.29) is 5.91 Å². The van der Waals surface area contributed by atoms with E-state index >= 15 is 0 Å². The molecule has 30 heavy (non-hydrogen) atoms. The van der Waals surface area contributed by atoms with E-state index < -0.39 is 0 Å². The van der Waals surface area contributed by atoms with Crippen molar-refractivity contribution in [3.63, 3.8) is 0 Å². The van der Waals surface area contributed by atoms with Gasteiger partial charge in [0.2, 0.25) is 0 Å². The van der Waals surface area contributed by atoms with Gasteiger partial charge in [-0.3, -0.25) is 14.1 Å². The first-order valence-corrected chi connectivity index (χ1v) is 10.5. The average molecular weight is 408 g/mol. The molecule has 0 saturated carbocycles. The van der Waals surface area contributed by atoms with Gasteiger partial charge in [0.25, 0.3) is 5.91 Å². The Balaban J connectivity index is 1.49. The molecule has 2 aromatic heterocycles. The van der Waals surface area contributed by atoms with Crippen LogP contribution in [-0.2, 0) is 0 Å². The number of rotatable bonds is 7. The summed E-state index contributed by atoms with van der Waals surface area (Å²) in [5.41, 5.74) is 2.92. The van der Waals surface area contributed by atoms with Gasteiger partial charge in [0.15, 0.2) is 5.69 Å². The number of likely N-dealkylation sites (N-methyl/N-ethyl adjacent to an activating group) is 1. The van der Waals surface area contributed by atoms with Crippen molar-refractivity contribution < 1.29 is 9.53 Å². The van der Waals surface area contributed by atoms with Gasteiger partial charge in [-0.05, 0) is 42.9 Å². The van der Waals surface area contributed by atoms with Crippen molar-refractivity contribution in [2.45, 2.75) is 6.92 Å². The number of aromatic nitrogens is 2. The SMILES string of the molecule is CCN1CCN(CCNC(=O)c2nc3ccccn3c2-c2ccc(OC)cc2)CC1. The van der Waals surface area contributed by atoms with Gasteiger partial charge in [-0.25, -0.2) is 4.98 Å². The molecule has 1 amide bonds. The molecule has 7 heteroatoms. The Labute approximate surface area is 177 Å². The van der Waals surface area contributed by atoms with Crippen molar-refractivity contribution in [1.82, 2.24) is 24.5 Å². The predicted molar refractivity (Wildman–Crippen MR) is 118 cm³/mol. The van der Waals surface area contributed by atoms with Gasteiger partial charge in [0.05, 0.1) is 12.8 Å². The molecular weight excluding hydrogens is 378 g/mol. The Morgan fingerprint density at radius 3 is 2.50 bits per heavy atom. The van der Waals surface area contributed by atoms with E-state index in [4.69, 9.17) is 4.74 Å². The molecular formula is C23H29N5O2. The highest BCUT2D eigenvalue weighted by molar-refractivity contribution is 5.99. The van der Waals surface area contributed by atoms with E-state index in [2.05, 4.69) is 27.0 Å². The second-order valence-electron chi connectivity index (χ2n) is 7.50. The summed E-state index contributed by atoms with van der Waals surface area (Å²) in [6.07, 6.45) is 1.94. The Hall–Kier alpha value is -2.90. The van der Waals surface area contributed by atoms with Crippen molar-refractivity contribution in [3.05, 3.63) is 54.4 Å². The maximum absolute atomic E-state index is 13.0. The molecule has 158 valence electrons. The summed E-state index contributed by atoms with van der Waals surface area (Å²) >= 11 is 0. The molecule has 1 aliphatic heterocycles. The van der Waals surface area contributed by atoms with Gasteiger partial charge < -0.3 is 15.0 Å². The van der Waals surface area contributed by atoms with Gasteiger partial charge >= 0.3 is 0 Å². The zero-order valence-electron chi connectivity index (χ0n) is 17.7. The number of hydrogen-bond acceptors (Lipinski definition) is 5. The second kappa shape index (κ2) is 9.28. The minimum atomic E-state index is -0.142. The van der Waals surface area contributed by atoms with Gasteiger partial charge in [-0.2, -0.15) is 0 Å². The number of nitrogens with one attached hydrogen (secondary N) is 1. The fraction of sp³-hybridized carbons (Fsp3) is 0.391. The molecule has 1 aliphatic rings. The molecule has 1 saturated heterocycles. The average Bonchev–Trinajstić information content (AvgIpc) is 3.19. The Morgan fingerprint density at radius 1 is 1.07 bits per heavy atom. The first-order valence-electron chi connectivity index (χ1n) is 10.5. The third-order valence-electron chi connectivity index (χ3n) is 5.73. The van der Waals surface area contributed by atoms with Crippen molar-refractivity contribution >= 4 is 11.6 Å². The van der Waals surface area contributed by atoms with Crippen LogP contribution in [0.2, 0.25) is 0 Å². The number of amides is 1. The number of methoxy groups -OCH3 is 1. The van der Waals surface area contributed by atoms with Crippen molar-refractivity contribution in [2.24, 2.45) is 0 Å². The molecule has 4 rings (SSSR count). The number of benzene rings is 1. The first-order chi connectivity index (χ1) is 14.7. The fourth-order valence-corrected chi connectivity index (χ4v) is 3.92. The van der Waals surface area contributed by atoms with Crippen LogP contribution in [0.15, 0.2) is 48.7 Å². The summed E-state index contributed by atoms with van der Waals surface area (Å²) in [7, 11) is 1.64. The van der Waals surface area contributed by atoms with E-state index in [1.807, 2.05) is 53.1 Å². The van der Waals surface area contributed by atoms with Crippen LogP contribution >= 0.6 is 0 Å². The lowest BCUT2D eigenvalue weighted by Gasteiger charge is -2.33. The molecule has 0 aliphatic carbocycles. The molecule has 3 heterocycles. The largest absolute Gasteiger partial charge is 0.497 e. The number of nitrogens with zero attached hydrogens (tertiary/aromatic N) is 4. The zero-order chi connectivity index (χ0) is 20.9. The van der Waals surface area contributed by atoms with Crippen molar-refractivity contribution in [1.29, 1.82) is 0 Å². The monoisotopic (exact) mass is 407 g/mol. The number of piperazine rings is 1. The minimum absolute atomic E-state index is 0.142. The van der Waals surface area contributed by atoms with Crippen LogP contribution in [0.25, 0.3) is 16.9 Å². The topological polar surface area (TPSA) is 62.1 Å². The Bertz CT molecular complexity index is 991. The Morgan fingerprint density at radius 2 is 1.80 bits per heavy atom. The number of hydrogen-bond donors (Lipinski definition) is 1. The minimum Gasteiger partial charge on any atom is -0.497 e. The van der Waals surface area contributed by atoms with E-state index in [0.29, 0.717) is 12.2 Å². The van der Waals surface area contributed by atoms with E-state index in [1.54, 1.807) is 7.11 Å². The third kappa shape index (κ3) is 4.32. The van der Waals surface area contributed by atoms with Gasteiger partial charge in [-0.1, -0.05) is 13.0 Å². The summed E-state index contributed by atoms with van der Waals surface area (Å²) in [5, 5.41) is 3.07. The van der Waals surface area contributed by atoms with Crippen LogP contribution in [-0.4, -0.2) is 78.0 Å². The molecule has 1 fully saturated rings. The lowest BCUT2D eigenvalue weighted by molar-refractivity contribution is 0.0934. The molecule has 7 nitrogen and oxygen atoms in total. The van der Waals surface area contributed by atoms with Gasteiger partial charge in [0, 0.05) is 51.0 Å². The predicted octanol–water partition coefficient (Wildman–Crippen LogP) is 2.38. The molecule has 1 N–H and O–H groups in total. The zero-order valence-corrected chi connectivity index (χ0v) is 17.7. The maximum atomic E-state index is 13.0. The summed E-state index contributed by atoms with van der Waals surface area (Å²) in [5.74, 6) is 0.637. The summed E-state index contributed by atoms with van der Waals surface area (Å²) in [6.45, 7) is 9.06. The van der Waals surface area contributed by atoms with Crippen molar-refractivity contribution in [3.8, 4) is 17.0 Å². The van der Waals surface area contributed by atoms with E-state index in [1.165, 1.54) is 0 Å². The van der Waals surface area contributed by atoms with Crippen molar-refractivity contribution in [2.75, 3.05) is 52.9 Å². The molecule has 0 bridgehead atoms. The molecule has 0 spiro atoms. The van der Waals surface area contributed by atoms with Crippen LogP contribution in [0.3, 0.4) is 0 Å². The first kappa shape index (κ1) is 20.4. The Kier molecular flexibility index (Phi) is 6.30. The van der Waals surface area contributed by atoms with Gasteiger partial charge in [-0.15, -0.1) is 0 Å². The molecule has 0 atom stereocenters. The second-order valence-corrected chi connectivity index (χ2v) is 7.50. The quantitative estimate of drug-likeness (QED) is 0.652. The number of fused-ring (bicyclic) bond motifs is 1. The maximum Gasteiger partial charge on any atom is 0.272 e. The lowest BCUT2D eigenvalue weighted by atomic mass is 10.1.